The number of nitrogens with two attached hydrogens (primary N) is 2. The molecular formula is C34H53BrF2N6O4. The number of anilines is 2. The van der Waals surface area contributed by atoms with Gasteiger partial charge in [-0.3, -0.25) is 4.98 Å². The highest BCUT2D eigenvalue weighted by Gasteiger charge is 2.20. The lowest BCUT2D eigenvalue weighted by Gasteiger charge is -2.28. The second-order valence-electron chi connectivity index (χ2n) is 10.6. The number of rotatable bonds is 9. The summed E-state index contributed by atoms with van der Waals surface area (Å²) in [5.74, 6) is -1.53. The third-order valence-corrected chi connectivity index (χ3v) is 7.70. The fourth-order valence-corrected chi connectivity index (χ4v) is 5.06. The first-order valence-electron chi connectivity index (χ1n) is 15.2. The van der Waals surface area contributed by atoms with Crippen LogP contribution in [0.4, 0.5) is 20.2 Å². The molecule has 2 heterocycles. The molecule has 0 unspecified atom stereocenters. The van der Waals surface area contributed by atoms with Crippen LogP contribution in [0.25, 0.3) is 6.08 Å². The van der Waals surface area contributed by atoms with E-state index >= 15 is 0 Å². The van der Waals surface area contributed by atoms with E-state index in [1.54, 1.807) is 13.8 Å². The molecule has 0 saturated heterocycles. The Kier molecular flexibility index (Phi) is 22.1. The zero-order valence-electron chi connectivity index (χ0n) is 25.9. The highest BCUT2D eigenvalue weighted by Crippen LogP contribution is 2.26. The lowest BCUT2D eigenvalue weighted by atomic mass is 9.91. The number of nitrogens with one attached hydrogen (secondary N) is 2. The third kappa shape index (κ3) is 17.3. The van der Waals surface area contributed by atoms with Crippen LogP contribution in [-0.2, 0) is 19.1 Å². The van der Waals surface area contributed by atoms with Crippen molar-refractivity contribution in [2.75, 3.05) is 23.8 Å². The summed E-state index contributed by atoms with van der Waals surface area (Å²) < 4.78 is 36.4. The molecule has 0 amide bonds. The Labute approximate surface area is 287 Å². The Bertz CT molecular complexity index is 1250. The first kappa shape index (κ1) is 43.6. The summed E-state index contributed by atoms with van der Waals surface area (Å²) in [4.78, 5) is 29.4. The number of esters is 2. The molecule has 10 nitrogen and oxygen atoms in total. The van der Waals surface area contributed by atoms with Crippen LogP contribution in [0.1, 0.15) is 85.8 Å². The Balaban J connectivity index is 0.000000744. The van der Waals surface area contributed by atoms with Crippen molar-refractivity contribution >= 4 is 45.3 Å². The lowest BCUT2D eigenvalue weighted by molar-refractivity contribution is -0.138. The van der Waals surface area contributed by atoms with Gasteiger partial charge in [-0.1, -0.05) is 21.4 Å². The number of halogens is 3. The quantitative estimate of drug-likeness (QED) is 0.119. The number of carbonyl (C=O) groups is 2. The highest BCUT2D eigenvalue weighted by molar-refractivity contribution is 9.10. The fraction of sp³-hybridized carbons (Fsp3) is 0.529. The number of hydrogen-bond donors (Lipinski definition) is 4. The second-order valence-corrected chi connectivity index (χ2v) is 11.4. The average molecular weight is 728 g/mol. The van der Waals surface area contributed by atoms with Gasteiger partial charge in [0.15, 0.2) is 0 Å². The van der Waals surface area contributed by atoms with Gasteiger partial charge < -0.3 is 31.6 Å². The fourth-order valence-electron chi connectivity index (χ4n) is 4.73. The molecule has 0 spiro atoms. The topological polar surface area (TPSA) is 154 Å². The van der Waals surface area contributed by atoms with Crippen molar-refractivity contribution in [3.63, 3.8) is 0 Å². The number of ether oxygens (including phenoxy) is 2. The molecule has 2 aliphatic rings. The van der Waals surface area contributed by atoms with Crippen LogP contribution >= 0.6 is 15.9 Å². The molecule has 0 aromatic carbocycles. The van der Waals surface area contributed by atoms with Gasteiger partial charge in [-0.15, -0.1) is 0 Å². The third-order valence-electron chi connectivity index (χ3n) is 7.07. The van der Waals surface area contributed by atoms with Crippen LogP contribution in [0, 0.1) is 11.6 Å². The van der Waals surface area contributed by atoms with Gasteiger partial charge in [-0.05, 0) is 87.2 Å². The minimum absolute atomic E-state index is 0. The molecule has 2 aliphatic carbocycles. The summed E-state index contributed by atoms with van der Waals surface area (Å²) in [5, 5.41) is 6.61. The van der Waals surface area contributed by atoms with E-state index < -0.39 is 11.8 Å². The van der Waals surface area contributed by atoms with Gasteiger partial charge in [0.2, 0.25) is 0 Å². The van der Waals surface area contributed by atoms with Crippen molar-refractivity contribution < 1.29 is 27.8 Å². The molecule has 47 heavy (non-hydrogen) atoms. The summed E-state index contributed by atoms with van der Waals surface area (Å²) >= 11 is 3.30. The van der Waals surface area contributed by atoms with Crippen LogP contribution in [0.2, 0.25) is 0 Å². The van der Waals surface area contributed by atoms with E-state index in [2.05, 4.69) is 47.8 Å². The molecular weight excluding hydrogens is 674 g/mol. The predicted octanol–water partition coefficient (Wildman–Crippen LogP) is 7.15. The van der Waals surface area contributed by atoms with E-state index in [0.717, 1.165) is 69.3 Å². The van der Waals surface area contributed by atoms with E-state index in [9.17, 15) is 18.4 Å². The SMILES string of the molecule is C.C.C=CC(=O)OCC.CCOC(=O)/C=C/c1ncc(F)cc1NC1CCC(N)CC1.NC1CCC(Nc2cc(F)cnc2Br)CC1. The summed E-state index contributed by atoms with van der Waals surface area (Å²) in [5.41, 5.74) is 13.6. The van der Waals surface area contributed by atoms with E-state index in [-0.39, 0.29) is 38.7 Å². The molecule has 0 aliphatic heterocycles. The molecule has 264 valence electrons. The van der Waals surface area contributed by atoms with Crippen molar-refractivity contribution in [2.45, 2.75) is 104 Å². The van der Waals surface area contributed by atoms with Gasteiger partial charge in [0.25, 0.3) is 0 Å². The summed E-state index contributed by atoms with van der Waals surface area (Å²) in [6, 6.07) is 4.06. The van der Waals surface area contributed by atoms with Gasteiger partial charge in [0, 0.05) is 48.5 Å². The van der Waals surface area contributed by atoms with Crippen LogP contribution in [0.3, 0.4) is 0 Å². The van der Waals surface area contributed by atoms with E-state index in [1.165, 1.54) is 30.5 Å². The maximum absolute atomic E-state index is 13.4. The Morgan fingerprint density at radius 1 is 0.851 bits per heavy atom. The minimum Gasteiger partial charge on any atom is -0.463 e. The highest BCUT2D eigenvalue weighted by atomic mass is 79.9. The van der Waals surface area contributed by atoms with E-state index in [0.29, 0.717) is 41.3 Å². The molecule has 2 aromatic rings. The van der Waals surface area contributed by atoms with Gasteiger partial charge in [0.05, 0.1) is 42.7 Å². The average Bonchev–Trinajstić information content (AvgIpc) is 3.02. The van der Waals surface area contributed by atoms with Gasteiger partial charge in [-0.25, -0.2) is 23.4 Å². The summed E-state index contributed by atoms with van der Waals surface area (Å²) in [6.45, 7) is 7.43. The smallest absolute Gasteiger partial charge is 0.330 e. The van der Waals surface area contributed by atoms with Crippen LogP contribution in [0.5, 0.6) is 0 Å². The van der Waals surface area contributed by atoms with Gasteiger partial charge in [-0.2, -0.15) is 0 Å². The summed E-state index contributed by atoms with van der Waals surface area (Å²) in [7, 11) is 0. The molecule has 4 rings (SSSR count). The molecule has 6 N–H and O–H groups in total. The number of carbonyl (C=O) groups excluding carboxylic acids is 2. The molecule has 2 saturated carbocycles. The Hall–Kier alpha value is -3.42. The minimum atomic E-state index is -0.441. The number of pyridine rings is 2. The largest absolute Gasteiger partial charge is 0.463 e. The molecule has 0 radical (unpaired) electrons. The zero-order chi connectivity index (χ0) is 33.2. The van der Waals surface area contributed by atoms with Crippen molar-refractivity contribution in [3.05, 3.63) is 65.2 Å². The molecule has 13 heteroatoms. The van der Waals surface area contributed by atoms with E-state index in [4.69, 9.17) is 16.2 Å². The standard InChI is InChI=1S/C16H22FN3O2.C11H15BrFN3.C5H8O2.2CH4/c1-2-22-16(21)8-7-14-15(9-11(17)10-19-14)20-13-5-3-12(18)4-6-13;12-11-10(5-7(13)6-15-11)16-9-3-1-8(14)2-4-9;1-3-5(6)7-4-2;;/h7-10,12-13,20H,2-6,18H2,1H3;5-6,8-9,16H,1-4,14H2;3H,1,4H2,2H3;2*1H4/b8-7+;;;;. The Morgan fingerprint density at radius 2 is 1.30 bits per heavy atom. The van der Waals surface area contributed by atoms with Crippen LogP contribution in [0.15, 0.2) is 47.9 Å². The number of aromatic nitrogens is 2. The van der Waals surface area contributed by atoms with Gasteiger partial charge in [0.1, 0.15) is 16.2 Å². The maximum atomic E-state index is 13.4. The number of hydrogen-bond acceptors (Lipinski definition) is 10. The van der Waals surface area contributed by atoms with Crippen molar-refractivity contribution in [3.8, 4) is 0 Å². The van der Waals surface area contributed by atoms with Crippen molar-refractivity contribution in [1.82, 2.24) is 9.97 Å². The van der Waals surface area contributed by atoms with Crippen LogP contribution < -0.4 is 22.1 Å². The molecule has 2 fully saturated rings. The predicted molar refractivity (Wildman–Crippen MR) is 190 cm³/mol. The molecule has 2 aromatic heterocycles. The Morgan fingerprint density at radius 3 is 1.77 bits per heavy atom. The first-order valence-corrected chi connectivity index (χ1v) is 16.0. The number of nitrogens with zero attached hydrogens (tertiary/aromatic N) is 2. The first-order chi connectivity index (χ1) is 21.5. The summed E-state index contributed by atoms with van der Waals surface area (Å²) in [6.07, 6.45) is 14.2. The maximum Gasteiger partial charge on any atom is 0.330 e. The lowest BCUT2D eigenvalue weighted by Crippen LogP contribution is -2.33. The van der Waals surface area contributed by atoms with Crippen LogP contribution in [-0.4, -0.2) is 59.3 Å². The molecule has 0 atom stereocenters. The van der Waals surface area contributed by atoms with E-state index in [1.807, 2.05) is 0 Å². The monoisotopic (exact) mass is 726 g/mol. The normalized spacial score (nSPS) is 20.0. The molecule has 0 bridgehead atoms. The van der Waals surface area contributed by atoms with Crippen molar-refractivity contribution in [2.24, 2.45) is 11.5 Å². The van der Waals surface area contributed by atoms with Crippen molar-refractivity contribution in [1.29, 1.82) is 0 Å². The zero-order valence-corrected chi connectivity index (χ0v) is 27.5. The second kappa shape index (κ2) is 23.8. The van der Waals surface area contributed by atoms with Gasteiger partial charge >= 0.3 is 11.9 Å².